The number of Topliss-reactive ketones (excluding diaryl/α,β-unsaturated/α-hetero) is 1. The molecular weight excluding hydrogens is 422 g/mol. The number of hydrogen-bond donors (Lipinski definition) is 1. The van der Waals surface area contributed by atoms with Gasteiger partial charge in [0.1, 0.15) is 0 Å². The van der Waals surface area contributed by atoms with E-state index >= 15 is 0 Å². The number of para-hydroxylation sites is 1. The lowest BCUT2D eigenvalue weighted by Gasteiger charge is -2.18. The topological polar surface area (TPSA) is 86.9 Å². The maximum absolute atomic E-state index is 13.6. The van der Waals surface area contributed by atoms with Gasteiger partial charge in [0.15, 0.2) is 17.6 Å². The number of aromatic amines is 1. The molecule has 1 aromatic heterocycles. The molecule has 0 radical (unpaired) electrons. The van der Waals surface area contributed by atoms with Crippen molar-refractivity contribution in [1.29, 1.82) is 0 Å². The number of rotatable bonds is 8. The van der Waals surface area contributed by atoms with Crippen LogP contribution >= 0.6 is 0 Å². The average Bonchev–Trinajstić information content (AvgIpc) is 3.30. The second-order valence-corrected chi connectivity index (χ2v) is 7.22. The standard InChI is InChI=1S/C26H23NO6/c1-30-21-13-17(14-22(31-2)25(21)32-3)26(29)33-24(16-9-5-4-6-10-16)23(28)19-15-27-20-12-8-7-11-18(19)20/h4-15,24,27H,1-3H3/t24-/m0/s1. The van der Waals surface area contributed by atoms with Crippen LogP contribution in [0.1, 0.15) is 32.4 Å². The molecule has 4 aromatic rings. The van der Waals surface area contributed by atoms with Crippen molar-refractivity contribution in [2.75, 3.05) is 21.3 Å². The first-order valence-electron chi connectivity index (χ1n) is 10.2. The Kier molecular flexibility index (Phi) is 6.31. The van der Waals surface area contributed by atoms with Crippen molar-refractivity contribution in [3.8, 4) is 17.2 Å². The van der Waals surface area contributed by atoms with E-state index in [1.54, 1.807) is 30.5 Å². The number of H-pyrrole nitrogens is 1. The fourth-order valence-electron chi connectivity index (χ4n) is 3.69. The van der Waals surface area contributed by atoms with Crippen molar-refractivity contribution < 1.29 is 28.5 Å². The van der Waals surface area contributed by atoms with E-state index in [4.69, 9.17) is 18.9 Å². The molecule has 0 fully saturated rings. The van der Waals surface area contributed by atoms with Gasteiger partial charge in [0.2, 0.25) is 11.5 Å². The fourth-order valence-corrected chi connectivity index (χ4v) is 3.69. The van der Waals surface area contributed by atoms with E-state index in [0.717, 1.165) is 10.9 Å². The summed E-state index contributed by atoms with van der Waals surface area (Å²) in [6.07, 6.45) is 0.493. The highest BCUT2D eigenvalue weighted by Gasteiger charge is 2.29. The number of methoxy groups -OCH3 is 3. The highest BCUT2D eigenvalue weighted by atomic mass is 16.5. The third-order valence-electron chi connectivity index (χ3n) is 5.32. The van der Waals surface area contributed by atoms with Crippen LogP contribution in [0.4, 0.5) is 0 Å². The van der Waals surface area contributed by atoms with E-state index in [0.29, 0.717) is 28.4 Å². The average molecular weight is 445 g/mol. The summed E-state index contributed by atoms with van der Waals surface area (Å²) in [5, 5.41) is 0.757. The van der Waals surface area contributed by atoms with E-state index < -0.39 is 12.1 Å². The van der Waals surface area contributed by atoms with Gasteiger partial charge in [-0.3, -0.25) is 4.79 Å². The predicted molar refractivity (Wildman–Crippen MR) is 123 cm³/mol. The lowest BCUT2D eigenvalue weighted by Crippen LogP contribution is -2.20. The van der Waals surface area contributed by atoms with Crippen molar-refractivity contribution in [3.05, 3.63) is 89.6 Å². The molecule has 0 aliphatic rings. The Balaban J connectivity index is 1.73. The maximum Gasteiger partial charge on any atom is 0.339 e. The molecule has 0 spiro atoms. The summed E-state index contributed by atoms with van der Waals surface area (Å²) in [4.78, 5) is 29.8. The molecule has 0 amide bonds. The molecule has 3 aromatic carbocycles. The number of ether oxygens (including phenoxy) is 4. The lowest BCUT2D eigenvalue weighted by atomic mass is 9.99. The van der Waals surface area contributed by atoms with Gasteiger partial charge in [-0.1, -0.05) is 48.5 Å². The smallest absolute Gasteiger partial charge is 0.339 e. The van der Waals surface area contributed by atoms with E-state index in [1.165, 1.54) is 33.5 Å². The number of nitrogens with one attached hydrogen (secondary N) is 1. The minimum absolute atomic E-state index is 0.164. The van der Waals surface area contributed by atoms with Crippen LogP contribution in [-0.4, -0.2) is 38.1 Å². The van der Waals surface area contributed by atoms with Crippen LogP contribution in [0.5, 0.6) is 17.2 Å². The Morgan fingerprint density at radius 1 is 0.818 bits per heavy atom. The zero-order chi connectivity index (χ0) is 23.4. The Morgan fingerprint density at radius 2 is 1.45 bits per heavy atom. The number of carbonyl (C=O) groups is 2. The molecule has 4 rings (SSSR count). The SMILES string of the molecule is COc1cc(C(=O)O[C@H](C(=O)c2c[nH]c3ccccc23)c2ccccc2)cc(OC)c1OC. The van der Waals surface area contributed by atoms with Crippen molar-refractivity contribution in [3.63, 3.8) is 0 Å². The molecule has 33 heavy (non-hydrogen) atoms. The van der Waals surface area contributed by atoms with E-state index in [2.05, 4.69) is 4.98 Å². The van der Waals surface area contributed by atoms with Gasteiger partial charge in [-0.05, 0) is 18.2 Å². The number of hydrogen-bond acceptors (Lipinski definition) is 6. The van der Waals surface area contributed by atoms with Crippen LogP contribution in [0.25, 0.3) is 10.9 Å². The molecule has 0 unspecified atom stereocenters. The third kappa shape index (κ3) is 4.25. The van der Waals surface area contributed by atoms with Gasteiger partial charge in [-0.25, -0.2) is 4.79 Å². The molecular formula is C26H23NO6. The highest BCUT2D eigenvalue weighted by molar-refractivity contribution is 6.11. The van der Waals surface area contributed by atoms with Crippen LogP contribution in [0.2, 0.25) is 0 Å². The number of aromatic nitrogens is 1. The van der Waals surface area contributed by atoms with E-state index in [9.17, 15) is 9.59 Å². The largest absolute Gasteiger partial charge is 0.493 e. The quantitative estimate of drug-likeness (QED) is 0.304. The summed E-state index contributed by atoms with van der Waals surface area (Å²) in [7, 11) is 4.39. The molecule has 168 valence electrons. The minimum atomic E-state index is -1.14. The number of carbonyl (C=O) groups excluding carboxylic acids is 2. The molecule has 1 heterocycles. The monoisotopic (exact) mass is 445 g/mol. The van der Waals surface area contributed by atoms with Crippen LogP contribution in [0, 0.1) is 0 Å². The van der Waals surface area contributed by atoms with Gasteiger partial charge in [0.05, 0.1) is 26.9 Å². The molecule has 7 heteroatoms. The molecule has 0 bridgehead atoms. The summed E-state index contributed by atoms with van der Waals surface area (Å²) in [5.41, 5.74) is 1.99. The normalized spacial score (nSPS) is 11.6. The van der Waals surface area contributed by atoms with Crippen LogP contribution in [-0.2, 0) is 4.74 Å². The maximum atomic E-state index is 13.6. The first kappa shape index (κ1) is 22.0. The molecule has 0 saturated heterocycles. The molecule has 0 aliphatic carbocycles. The first-order chi connectivity index (χ1) is 16.1. The lowest BCUT2D eigenvalue weighted by molar-refractivity contribution is 0.0280. The first-order valence-corrected chi connectivity index (χ1v) is 10.2. The number of esters is 1. The molecule has 0 aliphatic heterocycles. The van der Waals surface area contributed by atoms with Gasteiger partial charge in [-0.2, -0.15) is 0 Å². The van der Waals surface area contributed by atoms with E-state index in [1.807, 2.05) is 30.3 Å². The number of fused-ring (bicyclic) bond motifs is 1. The molecule has 7 nitrogen and oxygen atoms in total. The molecule has 0 saturated carbocycles. The summed E-state index contributed by atoms with van der Waals surface area (Å²) in [6.45, 7) is 0. The Morgan fingerprint density at radius 3 is 2.09 bits per heavy atom. The second-order valence-electron chi connectivity index (χ2n) is 7.22. The summed E-state index contributed by atoms with van der Waals surface area (Å²) in [6, 6.07) is 19.4. The van der Waals surface area contributed by atoms with Crippen LogP contribution in [0.15, 0.2) is 72.9 Å². The number of benzene rings is 3. The van der Waals surface area contributed by atoms with E-state index in [-0.39, 0.29) is 11.3 Å². The molecule has 1 atom stereocenters. The minimum Gasteiger partial charge on any atom is -0.493 e. The van der Waals surface area contributed by atoms with Gasteiger partial charge < -0.3 is 23.9 Å². The Labute approximate surface area is 190 Å². The summed E-state index contributed by atoms with van der Waals surface area (Å²) >= 11 is 0. The molecule has 1 N–H and O–H groups in total. The van der Waals surface area contributed by atoms with Crippen LogP contribution < -0.4 is 14.2 Å². The van der Waals surface area contributed by atoms with Crippen molar-refractivity contribution >= 4 is 22.7 Å². The zero-order valence-corrected chi connectivity index (χ0v) is 18.5. The third-order valence-corrected chi connectivity index (χ3v) is 5.32. The fraction of sp³-hybridized carbons (Fsp3) is 0.154. The van der Waals surface area contributed by atoms with Gasteiger partial charge in [0, 0.05) is 28.2 Å². The summed E-state index contributed by atoms with van der Waals surface area (Å²) in [5.74, 6) is -0.0622. The van der Waals surface area contributed by atoms with Crippen molar-refractivity contribution in [1.82, 2.24) is 4.98 Å². The Bertz CT molecular complexity index is 1270. The van der Waals surface area contributed by atoms with Crippen LogP contribution in [0.3, 0.4) is 0 Å². The zero-order valence-electron chi connectivity index (χ0n) is 18.5. The Hall–Kier alpha value is -4.26. The highest BCUT2D eigenvalue weighted by Crippen LogP contribution is 2.39. The van der Waals surface area contributed by atoms with Crippen molar-refractivity contribution in [2.24, 2.45) is 0 Å². The number of ketones is 1. The van der Waals surface area contributed by atoms with Crippen molar-refractivity contribution in [2.45, 2.75) is 6.10 Å². The summed E-state index contributed by atoms with van der Waals surface area (Å²) < 4.78 is 21.7. The predicted octanol–water partition coefficient (Wildman–Crippen LogP) is 4.97. The van der Waals surface area contributed by atoms with Gasteiger partial charge >= 0.3 is 5.97 Å². The van der Waals surface area contributed by atoms with Gasteiger partial charge in [-0.15, -0.1) is 0 Å². The second kappa shape index (κ2) is 9.48. The van der Waals surface area contributed by atoms with Gasteiger partial charge in [0.25, 0.3) is 0 Å².